The SMILES string of the molecule is O=S(=O)(NCCNCCCc1cccc(F)c1F)c1cc(-c2ccccc2)cc2cnccc12. The monoisotopic (exact) mass is 481 g/mol. The molecule has 1 heterocycles. The topological polar surface area (TPSA) is 71.1 Å². The molecule has 0 fully saturated rings. The number of benzene rings is 3. The molecule has 176 valence electrons. The fourth-order valence-corrected chi connectivity index (χ4v) is 5.10. The maximum Gasteiger partial charge on any atom is 0.241 e. The number of aromatic nitrogens is 1. The number of nitrogens with one attached hydrogen (secondary N) is 2. The van der Waals surface area contributed by atoms with Crippen molar-refractivity contribution >= 4 is 20.8 Å². The van der Waals surface area contributed by atoms with Crippen molar-refractivity contribution < 1.29 is 17.2 Å². The zero-order valence-corrected chi connectivity index (χ0v) is 19.3. The standard InChI is InChI=1S/C26H25F2N3O2S/c27-24-10-4-8-20(26(24)28)9-5-12-29-14-15-31-34(32,33)25-17-21(19-6-2-1-3-7-19)16-22-18-30-13-11-23(22)25/h1-4,6-8,10-11,13,16-18,29,31H,5,9,12,14-15H2. The summed E-state index contributed by atoms with van der Waals surface area (Å²) in [6.07, 6.45) is 4.23. The van der Waals surface area contributed by atoms with E-state index in [1.165, 1.54) is 6.07 Å². The van der Waals surface area contributed by atoms with Crippen LogP contribution in [0.25, 0.3) is 21.9 Å². The molecular formula is C26H25F2N3O2S. The summed E-state index contributed by atoms with van der Waals surface area (Å²) in [5, 5.41) is 4.48. The smallest absolute Gasteiger partial charge is 0.241 e. The van der Waals surface area contributed by atoms with E-state index in [1.807, 2.05) is 36.4 Å². The van der Waals surface area contributed by atoms with E-state index in [9.17, 15) is 17.2 Å². The van der Waals surface area contributed by atoms with E-state index in [1.54, 1.807) is 30.6 Å². The number of fused-ring (bicyclic) bond motifs is 1. The number of hydrogen-bond donors (Lipinski definition) is 2. The first-order valence-corrected chi connectivity index (χ1v) is 12.5. The molecule has 4 rings (SSSR count). The molecule has 0 aliphatic heterocycles. The van der Waals surface area contributed by atoms with E-state index in [0.29, 0.717) is 36.9 Å². The van der Waals surface area contributed by atoms with Crippen molar-refractivity contribution in [2.45, 2.75) is 17.7 Å². The fourth-order valence-electron chi connectivity index (χ4n) is 3.82. The van der Waals surface area contributed by atoms with Crippen LogP contribution >= 0.6 is 0 Å². The second kappa shape index (κ2) is 10.8. The highest BCUT2D eigenvalue weighted by Crippen LogP contribution is 2.30. The normalized spacial score (nSPS) is 11.7. The summed E-state index contributed by atoms with van der Waals surface area (Å²) >= 11 is 0. The zero-order valence-electron chi connectivity index (χ0n) is 18.5. The summed E-state index contributed by atoms with van der Waals surface area (Å²) in [7, 11) is -3.77. The Hall–Kier alpha value is -3.20. The van der Waals surface area contributed by atoms with Crippen molar-refractivity contribution in [3.05, 3.63) is 96.3 Å². The van der Waals surface area contributed by atoms with Gasteiger partial charge in [0.25, 0.3) is 0 Å². The third-order valence-corrected chi connectivity index (χ3v) is 7.04. The highest BCUT2D eigenvalue weighted by Gasteiger charge is 2.18. The van der Waals surface area contributed by atoms with Gasteiger partial charge in [0.2, 0.25) is 10.0 Å². The van der Waals surface area contributed by atoms with Gasteiger partial charge >= 0.3 is 0 Å². The van der Waals surface area contributed by atoms with Crippen molar-refractivity contribution in [2.24, 2.45) is 0 Å². The van der Waals surface area contributed by atoms with E-state index in [0.717, 1.165) is 22.6 Å². The van der Waals surface area contributed by atoms with Crippen LogP contribution in [-0.2, 0) is 16.4 Å². The van der Waals surface area contributed by atoms with E-state index in [-0.39, 0.29) is 11.4 Å². The molecule has 0 amide bonds. The van der Waals surface area contributed by atoms with Crippen molar-refractivity contribution in [1.82, 2.24) is 15.0 Å². The minimum atomic E-state index is -3.77. The molecule has 1 aromatic heterocycles. The second-order valence-electron chi connectivity index (χ2n) is 7.90. The van der Waals surface area contributed by atoms with Crippen LogP contribution in [0.1, 0.15) is 12.0 Å². The average molecular weight is 482 g/mol. The summed E-state index contributed by atoms with van der Waals surface area (Å²) < 4.78 is 55.9. The molecule has 0 atom stereocenters. The maximum absolute atomic E-state index is 13.7. The lowest BCUT2D eigenvalue weighted by Crippen LogP contribution is -2.32. The minimum Gasteiger partial charge on any atom is -0.315 e. The summed E-state index contributed by atoms with van der Waals surface area (Å²) in [5.74, 6) is -1.66. The van der Waals surface area contributed by atoms with Crippen molar-refractivity contribution in [2.75, 3.05) is 19.6 Å². The van der Waals surface area contributed by atoms with E-state index >= 15 is 0 Å². The molecule has 8 heteroatoms. The van der Waals surface area contributed by atoms with Gasteiger partial charge in [-0.15, -0.1) is 0 Å². The molecular weight excluding hydrogens is 456 g/mol. The molecule has 34 heavy (non-hydrogen) atoms. The fraction of sp³-hybridized carbons (Fsp3) is 0.192. The molecule has 5 nitrogen and oxygen atoms in total. The summed E-state index contributed by atoms with van der Waals surface area (Å²) in [6.45, 7) is 1.15. The Morgan fingerprint density at radius 2 is 1.68 bits per heavy atom. The van der Waals surface area contributed by atoms with Gasteiger partial charge < -0.3 is 5.32 Å². The van der Waals surface area contributed by atoms with Crippen molar-refractivity contribution in [3.63, 3.8) is 0 Å². The number of rotatable bonds is 10. The lowest BCUT2D eigenvalue weighted by Gasteiger charge is -2.13. The highest BCUT2D eigenvalue weighted by molar-refractivity contribution is 7.89. The van der Waals surface area contributed by atoms with Gasteiger partial charge in [0, 0.05) is 36.3 Å². The Morgan fingerprint density at radius 3 is 2.50 bits per heavy atom. The number of sulfonamides is 1. The number of aryl methyl sites for hydroxylation is 1. The molecule has 0 unspecified atom stereocenters. The Morgan fingerprint density at radius 1 is 0.853 bits per heavy atom. The van der Waals surface area contributed by atoms with Crippen LogP contribution in [0.5, 0.6) is 0 Å². The molecule has 2 N–H and O–H groups in total. The molecule has 0 aliphatic carbocycles. The van der Waals surface area contributed by atoms with E-state index in [2.05, 4.69) is 15.0 Å². The van der Waals surface area contributed by atoms with Crippen molar-refractivity contribution in [3.8, 4) is 11.1 Å². The number of nitrogens with zero attached hydrogens (tertiary/aromatic N) is 1. The van der Waals surface area contributed by atoms with Crippen LogP contribution in [0.3, 0.4) is 0 Å². The van der Waals surface area contributed by atoms with Crippen LogP contribution in [0.4, 0.5) is 8.78 Å². The lowest BCUT2D eigenvalue weighted by molar-refractivity contribution is 0.496. The van der Waals surface area contributed by atoms with Crippen LogP contribution in [0, 0.1) is 11.6 Å². The third-order valence-electron chi connectivity index (χ3n) is 5.54. The molecule has 3 aromatic carbocycles. The van der Waals surface area contributed by atoms with Gasteiger partial charge in [-0.1, -0.05) is 42.5 Å². The van der Waals surface area contributed by atoms with Gasteiger partial charge in [0.05, 0.1) is 4.90 Å². The van der Waals surface area contributed by atoms with Gasteiger partial charge in [0.1, 0.15) is 0 Å². The number of halogens is 2. The first kappa shape index (κ1) is 23.9. The Labute approximate surface area is 197 Å². The Balaban J connectivity index is 1.37. The van der Waals surface area contributed by atoms with Crippen LogP contribution in [-0.4, -0.2) is 33.0 Å². The second-order valence-corrected chi connectivity index (χ2v) is 9.64. The molecule has 4 aromatic rings. The number of pyridine rings is 1. The third kappa shape index (κ3) is 5.64. The first-order chi connectivity index (χ1) is 16.5. The molecule has 0 bridgehead atoms. The molecule has 0 saturated carbocycles. The number of hydrogen-bond acceptors (Lipinski definition) is 4. The predicted molar refractivity (Wildman–Crippen MR) is 130 cm³/mol. The molecule has 0 radical (unpaired) electrons. The first-order valence-electron chi connectivity index (χ1n) is 11.0. The Kier molecular flexibility index (Phi) is 7.62. The van der Waals surface area contributed by atoms with Gasteiger partial charge in [0.15, 0.2) is 11.6 Å². The van der Waals surface area contributed by atoms with Crippen LogP contribution in [0.15, 0.2) is 84.0 Å². The maximum atomic E-state index is 13.7. The van der Waals surface area contributed by atoms with Gasteiger partial charge in [-0.05, 0) is 60.3 Å². The largest absolute Gasteiger partial charge is 0.315 e. The minimum absolute atomic E-state index is 0.193. The van der Waals surface area contributed by atoms with Crippen LogP contribution < -0.4 is 10.0 Å². The highest BCUT2D eigenvalue weighted by atomic mass is 32.2. The molecule has 0 aliphatic rings. The molecule has 0 saturated heterocycles. The van der Waals surface area contributed by atoms with E-state index in [4.69, 9.17) is 0 Å². The predicted octanol–water partition coefficient (Wildman–Crippen LogP) is 4.68. The lowest BCUT2D eigenvalue weighted by atomic mass is 10.0. The van der Waals surface area contributed by atoms with Crippen LogP contribution in [0.2, 0.25) is 0 Å². The summed E-state index contributed by atoms with van der Waals surface area (Å²) in [5.41, 5.74) is 2.05. The average Bonchev–Trinajstić information content (AvgIpc) is 2.85. The summed E-state index contributed by atoms with van der Waals surface area (Å²) in [4.78, 5) is 4.34. The Bertz CT molecular complexity index is 1380. The van der Waals surface area contributed by atoms with Gasteiger partial charge in [-0.25, -0.2) is 21.9 Å². The van der Waals surface area contributed by atoms with Gasteiger partial charge in [-0.2, -0.15) is 0 Å². The van der Waals surface area contributed by atoms with E-state index < -0.39 is 21.7 Å². The molecule has 0 spiro atoms. The zero-order chi connectivity index (χ0) is 24.0. The van der Waals surface area contributed by atoms with Gasteiger partial charge in [-0.3, -0.25) is 4.98 Å². The van der Waals surface area contributed by atoms with Crippen molar-refractivity contribution in [1.29, 1.82) is 0 Å². The quantitative estimate of drug-likeness (QED) is 0.323. The summed E-state index contributed by atoms with van der Waals surface area (Å²) in [6, 6.07) is 19.0.